The third kappa shape index (κ3) is 5.48. The van der Waals surface area contributed by atoms with Gasteiger partial charge in [0.2, 0.25) is 0 Å². The molecular weight excluding hydrogens is 318 g/mol. The topological polar surface area (TPSA) is 118 Å². The van der Waals surface area contributed by atoms with E-state index in [4.69, 9.17) is 4.74 Å². The van der Waals surface area contributed by atoms with Gasteiger partial charge in [0, 0.05) is 0 Å². The Labute approximate surface area is 126 Å². The van der Waals surface area contributed by atoms with Crippen molar-refractivity contribution >= 4 is 27.5 Å². The van der Waals surface area contributed by atoms with Crippen LogP contribution in [0.15, 0.2) is 20.0 Å². The van der Waals surface area contributed by atoms with E-state index in [0.717, 1.165) is 17.5 Å². The molecule has 118 valence electrons. The highest BCUT2D eigenvalue weighted by Crippen LogP contribution is 2.28. The molecule has 10 heteroatoms. The maximum atomic E-state index is 11.9. The summed E-state index contributed by atoms with van der Waals surface area (Å²) in [5, 5.41) is 13.0. The van der Waals surface area contributed by atoms with E-state index in [2.05, 4.69) is 14.6 Å². The van der Waals surface area contributed by atoms with Gasteiger partial charge >= 0.3 is 16.1 Å². The van der Waals surface area contributed by atoms with Crippen LogP contribution in [-0.4, -0.2) is 30.2 Å². The number of hydrogen-bond acceptors (Lipinski definition) is 7. The molecule has 1 aromatic rings. The highest BCUT2D eigenvalue weighted by molar-refractivity contribution is 7.92. The maximum Gasteiger partial charge on any atom is 0.453 e. The third-order valence-electron chi connectivity index (χ3n) is 1.89. The summed E-state index contributed by atoms with van der Waals surface area (Å²) in [6, 6.07) is 0. The van der Waals surface area contributed by atoms with Gasteiger partial charge in [0.25, 0.3) is 0 Å². The highest BCUT2D eigenvalue weighted by atomic mass is 32.2. The predicted molar refractivity (Wildman–Crippen MR) is 75.6 cm³/mol. The van der Waals surface area contributed by atoms with Crippen molar-refractivity contribution in [3.63, 3.8) is 0 Å². The Balaban J connectivity index is 2.92. The molecule has 0 bridgehead atoms. The fourth-order valence-corrected chi connectivity index (χ4v) is 2.92. The lowest BCUT2D eigenvalue weighted by atomic mass is 10.2. The van der Waals surface area contributed by atoms with Crippen molar-refractivity contribution in [2.75, 3.05) is 0 Å². The van der Waals surface area contributed by atoms with Crippen LogP contribution in [0.3, 0.4) is 0 Å². The average Bonchev–Trinajstić information content (AvgIpc) is 2.73. The molecule has 0 aromatic carbocycles. The second-order valence-electron chi connectivity index (χ2n) is 5.68. The first-order valence-corrected chi connectivity index (χ1v) is 8.16. The molecule has 8 nitrogen and oxygen atoms in total. The summed E-state index contributed by atoms with van der Waals surface area (Å²) < 4.78 is 31.3. The molecule has 0 aliphatic rings. The Kier molecular flexibility index (Phi) is 4.86. The minimum atomic E-state index is -4.15. The van der Waals surface area contributed by atoms with Gasteiger partial charge in [0.1, 0.15) is 16.2 Å². The Bertz CT molecular complexity index is 650. The summed E-state index contributed by atoms with van der Waals surface area (Å²) in [5.41, 5.74) is -2.06. The van der Waals surface area contributed by atoms with Gasteiger partial charge in [-0.05, 0) is 39.1 Å². The van der Waals surface area contributed by atoms with Crippen molar-refractivity contribution < 1.29 is 23.1 Å². The number of thiazole rings is 1. The fraction of sp³-hybridized carbons (Fsp3) is 0.636. The first-order chi connectivity index (χ1) is 9.31. The molecule has 1 rings (SSSR count). The number of aliphatic hydroxyl groups is 1. The maximum absolute atomic E-state index is 11.9. The van der Waals surface area contributed by atoms with E-state index in [9.17, 15) is 18.3 Å². The van der Waals surface area contributed by atoms with E-state index in [0.29, 0.717) is 0 Å². The van der Waals surface area contributed by atoms with Crippen molar-refractivity contribution in [1.82, 2.24) is 4.98 Å². The van der Waals surface area contributed by atoms with Crippen LogP contribution in [0.25, 0.3) is 0 Å². The van der Waals surface area contributed by atoms with Gasteiger partial charge < -0.3 is 9.84 Å². The molecule has 1 amide bonds. The molecule has 1 heterocycles. The summed E-state index contributed by atoms with van der Waals surface area (Å²) in [4.78, 5) is 15.1. The Morgan fingerprint density at radius 3 is 2.33 bits per heavy atom. The van der Waals surface area contributed by atoms with Gasteiger partial charge in [-0.2, -0.15) is 8.42 Å². The monoisotopic (exact) mass is 335 g/mol. The van der Waals surface area contributed by atoms with E-state index >= 15 is 0 Å². The predicted octanol–water partition coefficient (Wildman–Crippen LogP) is 2.45. The van der Waals surface area contributed by atoms with E-state index in [1.54, 1.807) is 20.8 Å². The van der Waals surface area contributed by atoms with Gasteiger partial charge in [-0.25, -0.2) is 9.78 Å². The van der Waals surface area contributed by atoms with Crippen LogP contribution in [0, 0.1) is 0 Å². The fourth-order valence-electron chi connectivity index (χ4n) is 1.07. The van der Waals surface area contributed by atoms with E-state index in [1.807, 2.05) is 0 Å². The van der Waals surface area contributed by atoms with Crippen LogP contribution in [0.4, 0.5) is 4.79 Å². The standard InChI is InChI=1S/C11H17N3O5S2/c1-10(2,3)19-9(15)13-14-21(17,18)7-6-12-8(20-7)11(4,5)16/h6,16H,1-5H3. The number of ether oxygens (including phenoxy) is 1. The van der Waals surface area contributed by atoms with Crippen LogP contribution in [0.5, 0.6) is 0 Å². The highest BCUT2D eigenvalue weighted by Gasteiger charge is 2.25. The lowest BCUT2D eigenvalue weighted by Gasteiger charge is -2.16. The average molecular weight is 335 g/mol. The number of aromatic nitrogens is 1. The van der Waals surface area contributed by atoms with Crippen molar-refractivity contribution in [2.45, 2.75) is 50.0 Å². The molecule has 21 heavy (non-hydrogen) atoms. The van der Waals surface area contributed by atoms with Crippen LogP contribution < -0.4 is 0 Å². The Hall–Kier alpha value is -1.39. The number of amides is 1. The van der Waals surface area contributed by atoms with Gasteiger partial charge in [-0.1, -0.05) is 5.11 Å². The van der Waals surface area contributed by atoms with Gasteiger partial charge in [-0.3, -0.25) is 0 Å². The van der Waals surface area contributed by atoms with Crippen molar-refractivity contribution in [2.24, 2.45) is 9.63 Å². The Morgan fingerprint density at radius 2 is 1.90 bits per heavy atom. The number of hydrogen-bond donors (Lipinski definition) is 1. The summed E-state index contributed by atoms with van der Waals surface area (Å²) in [6.45, 7) is 7.81. The molecule has 0 aliphatic carbocycles. The summed E-state index contributed by atoms with van der Waals surface area (Å²) in [5.74, 6) is 0. The first-order valence-electron chi connectivity index (χ1n) is 5.91. The molecule has 0 saturated carbocycles. The number of carbonyl (C=O) groups is 1. The number of nitrogens with zero attached hydrogens (tertiary/aromatic N) is 3. The van der Waals surface area contributed by atoms with Crippen molar-refractivity contribution in [3.8, 4) is 0 Å². The summed E-state index contributed by atoms with van der Waals surface area (Å²) >= 11 is 0.757. The lowest BCUT2D eigenvalue weighted by molar-refractivity contribution is 0.0592. The van der Waals surface area contributed by atoms with Crippen molar-refractivity contribution in [3.05, 3.63) is 11.2 Å². The minimum Gasteiger partial charge on any atom is -0.441 e. The van der Waals surface area contributed by atoms with Crippen molar-refractivity contribution in [1.29, 1.82) is 0 Å². The smallest absolute Gasteiger partial charge is 0.441 e. The molecule has 0 unspecified atom stereocenters. The lowest BCUT2D eigenvalue weighted by Crippen LogP contribution is -2.21. The van der Waals surface area contributed by atoms with E-state index < -0.39 is 27.3 Å². The zero-order valence-corrected chi connectivity index (χ0v) is 13.9. The molecule has 0 aliphatic heterocycles. The van der Waals surface area contributed by atoms with Crippen LogP contribution in [-0.2, 0) is 20.4 Å². The molecule has 1 N–H and O–H groups in total. The van der Waals surface area contributed by atoms with E-state index in [-0.39, 0.29) is 9.22 Å². The van der Waals surface area contributed by atoms with Crippen LogP contribution in [0.1, 0.15) is 39.6 Å². The van der Waals surface area contributed by atoms with Crippen LogP contribution in [0.2, 0.25) is 0 Å². The molecule has 0 saturated heterocycles. The molecule has 0 spiro atoms. The largest absolute Gasteiger partial charge is 0.453 e. The number of rotatable bonds is 3. The quantitative estimate of drug-likeness (QED) is 0.847. The van der Waals surface area contributed by atoms with Crippen LogP contribution >= 0.6 is 11.3 Å². The molecule has 0 fully saturated rings. The SMILES string of the molecule is CC(C)(C)OC(=O)N=NS(=O)(=O)c1cnc(C(C)(C)O)s1. The normalized spacial score (nSPS) is 13.6. The minimum absolute atomic E-state index is 0.216. The van der Waals surface area contributed by atoms with Gasteiger partial charge in [0.15, 0.2) is 4.21 Å². The zero-order valence-electron chi connectivity index (χ0n) is 12.3. The third-order valence-corrected chi connectivity index (χ3v) is 4.78. The van der Waals surface area contributed by atoms with E-state index in [1.165, 1.54) is 13.8 Å². The molecule has 0 atom stereocenters. The Morgan fingerprint density at radius 1 is 1.33 bits per heavy atom. The summed E-state index contributed by atoms with van der Waals surface area (Å²) in [6.07, 6.45) is -0.0418. The molecule has 0 radical (unpaired) electrons. The summed E-state index contributed by atoms with van der Waals surface area (Å²) in [7, 11) is -4.15. The number of sulfonamides is 1. The van der Waals surface area contributed by atoms with Gasteiger partial charge in [0.05, 0.1) is 6.20 Å². The first kappa shape index (κ1) is 17.7. The molecule has 1 aromatic heterocycles. The van der Waals surface area contributed by atoms with Gasteiger partial charge in [-0.15, -0.1) is 11.3 Å². The second kappa shape index (κ2) is 5.78. The molecular formula is C11H17N3O5S2. The number of carbonyl (C=O) groups excluding carboxylic acids is 1. The second-order valence-corrected chi connectivity index (χ2v) is 8.52. The zero-order chi connectivity index (χ0) is 16.5.